The van der Waals surface area contributed by atoms with E-state index in [2.05, 4.69) is 25.6 Å². The minimum absolute atomic E-state index is 0.130. The second kappa shape index (κ2) is 15.4. The van der Waals surface area contributed by atoms with E-state index in [4.69, 9.17) is 23.9 Å². The smallest absolute Gasteiger partial charge is 0.407 e. The maximum absolute atomic E-state index is 13.7. The molecule has 4 amide bonds. The number of carbonyl (C=O) groups is 4. The van der Waals surface area contributed by atoms with Crippen molar-refractivity contribution < 1.29 is 33.1 Å². The van der Waals surface area contributed by atoms with E-state index >= 15 is 0 Å². The van der Waals surface area contributed by atoms with Gasteiger partial charge in [-0.3, -0.25) is 9.59 Å². The molecule has 0 spiro atoms. The fourth-order valence-corrected chi connectivity index (χ4v) is 7.64. The standard InChI is InChI=1S/C39H47N9O7/c1-20(2)30(45-38(51)53-5)36(49)47-16-8-12-27(47)33-41-24-15-14-22(18-26(24)43-33)29-19-40-35(55-29)23-10-7-11-25-32(23)44-34(42-25)28-13-9-17-48(28)37(50)31(21(3)4)46-39(52)54-6/h7,10-11,14-15,18-21,27-28,30-31H,8-9,12-13,16-17H2,1-6H3,(H,41,43)(H,42,44)(H,45,51)(H,46,52)/t27-,28-,30-,31-/m0/s1. The molecule has 16 nitrogen and oxygen atoms in total. The first-order valence-electron chi connectivity index (χ1n) is 18.7. The van der Waals surface area contributed by atoms with Gasteiger partial charge in [-0.2, -0.15) is 0 Å². The number of hydrogen-bond acceptors (Lipinski definition) is 10. The number of fused-ring (bicyclic) bond motifs is 2. The number of nitrogens with zero attached hydrogens (tertiary/aromatic N) is 5. The van der Waals surface area contributed by atoms with Gasteiger partial charge in [0.05, 0.1) is 54.6 Å². The summed E-state index contributed by atoms with van der Waals surface area (Å²) in [7, 11) is 2.56. The second-order valence-electron chi connectivity index (χ2n) is 14.8. The van der Waals surface area contributed by atoms with Crippen LogP contribution in [-0.2, 0) is 19.1 Å². The van der Waals surface area contributed by atoms with Crippen LogP contribution in [-0.4, -0.2) is 98.1 Å². The zero-order valence-corrected chi connectivity index (χ0v) is 31.8. The molecule has 2 aliphatic heterocycles. The molecule has 5 aromatic rings. The molecular weight excluding hydrogens is 706 g/mol. The van der Waals surface area contributed by atoms with Crippen LogP contribution in [0.5, 0.6) is 0 Å². The lowest BCUT2D eigenvalue weighted by Crippen LogP contribution is -2.51. The Kier molecular flexibility index (Phi) is 10.5. The predicted octanol–water partition coefficient (Wildman–Crippen LogP) is 5.85. The third kappa shape index (κ3) is 7.32. The number of amides is 4. The normalized spacial score (nSPS) is 18.3. The van der Waals surface area contributed by atoms with Crippen molar-refractivity contribution in [2.45, 2.75) is 77.5 Å². The van der Waals surface area contributed by atoms with Crippen molar-refractivity contribution >= 4 is 46.1 Å². The number of imidazole rings is 2. The highest BCUT2D eigenvalue weighted by Gasteiger charge is 2.39. The Morgan fingerprint density at radius 1 is 0.800 bits per heavy atom. The Bertz CT molecular complexity index is 2220. The average Bonchev–Trinajstić information content (AvgIpc) is 4.02. The van der Waals surface area contributed by atoms with Crippen LogP contribution in [0.4, 0.5) is 9.59 Å². The highest BCUT2D eigenvalue weighted by atomic mass is 16.5. The van der Waals surface area contributed by atoms with Gasteiger partial charge >= 0.3 is 12.2 Å². The number of alkyl carbamates (subject to hydrolysis) is 2. The molecule has 2 aliphatic rings. The predicted molar refractivity (Wildman–Crippen MR) is 202 cm³/mol. The molecule has 0 bridgehead atoms. The number of ether oxygens (including phenoxy) is 2. The molecule has 0 saturated carbocycles. The van der Waals surface area contributed by atoms with Crippen molar-refractivity contribution in [2.75, 3.05) is 27.3 Å². The first-order chi connectivity index (χ1) is 26.5. The lowest BCUT2D eigenvalue weighted by atomic mass is 10.0. The Labute approximate surface area is 317 Å². The van der Waals surface area contributed by atoms with Crippen LogP contribution in [0.15, 0.2) is 47.0 Å². The van der Waals surface area contributed by atoms with Crippen LogP contribution in [0, 0.1) is 11.8 Å². The lowest BCUT2D eigenvalue weighted by Gasteiger charge is -2.29. The van der Waals surface area contributed by atoms with E-state index < -0.39 is 24.3 Å². The van der Waals surface area contributed by atoms with E-state index in [1.807, 2.05) is 64.1 Å². The number of oxazole rings is 1. The molecule has 16 heteroatoms. The number of likely N-dealkylation sites (tertiary alicyclic amines) is 2. The van der Waals surface area contributed by atoms with Gasteiger partial charge in [-0.25, -0.2) is 24.5 Å². The molecule has 0 radical (unpaired) electrons. The summed E-state index contributed by atoms with van der Waals surface area (Å²) in [6.07, 6.45) is 3.48. The molecule has 290 valence electrons. The van der Waals surface area contributed by atoms with Crippen molar-refractivity contribution in [3.8, 4) is 22.8 Å². The van der Waals surface area contributed by atoms with Crippen LogP contribution < -0.4 is 10.6 Å². The van der Waals surface area contributed by atoms with E-state index in [-0.39, 0.29) is 35.7 Å². The summed E-state index contributed by atoms with van der Waals surface area (Å²) in [6.45, 7) is 8.66. The van der Waals surface area contributed by atoms with Gasteiger partial charge in [-0.1, -0.05) is 33.8 Å². The van der Waals surface area contributed by atoms with Crippen molar-refractivity contribution in [1.82, 2.24) is 45.4 Å². The molecule has 5 heterocycles. The van der Waals surface area contributed by atoms with Crippen LogP contribution in [0.25, 0.3) is 44.8 Å². The number of para-hydroxylation sites is 1. The fraction of sp³-hybridized carbons (Fsp3) is 0.462. The highest BCUT2D eigenvalue weighted by Crippen LogP contribution is 2.37. The average molecular weight is 754 g/mol. The molecule has 2 fully saturated rings. The molecular formula is C39H47N9O7. The van der Waals surface area contributed by atoms with E-state index in [0.717, 1.165) is 42.3 Å². The minimum atomic E-state index is -0.730. The van der Waals surface area contributed by atoms with Crippen molar-refractivity contribution in [1.29, 1.82) is 0 Å². The fourth-order valence-electron chi connectivity index (χ4n) is 7.64. The third-order valence-electron chi connectivity index (χ3n) is 10.5. The monoisotopic (exact) mass is 753 g/mol. The number of aromatic nitrogens is 5. The van der Waals surface area contributed by atoms with E-state index in [0.29, 0.717) is 53.0 Å². The zero-order valence-electron chi connectivity index (χ0n) is 31.8. The number of methoxy groups -OCH3 is 2. The van der Waals surface area contributed by atoms with E-state index in [1.165, 1.54) is 14.2 Å². The van der Waals surface area contributed by atoms with Gasteiger partial charge in [-0.05, 0) is 67.9 Å². The topological polar surface area (TPSA) is 201 Å². The summed E-state index contributed by atoms with van der Waals surface area (Å²) in [6, 6.07) is 9.52. The van der Waals surface area contributed by atoms with Crippen molar-refractivity contribution in [2.24, 2.45) is 11.8 Å². The Morgan fingerprint density at radius 3 is 1.96 bits per heavy atom. The van der Waals surface area contributed by atoms with Crippen LogP contribution in [0.1, 0.15) is 77.1 Å². The molecule has 0 aliphatic carbocycles. The highest BCUT2D eigenvalue weighted by molar-refractivity contribution is 5.91. The number of rotatable bonds is 10. The molecule has 7 rings (SSSR count). The third-order valence-corrected chi connectivity index (χ3v) is 10.5. The molecule has 2 saturated heterocycles. The maximum atomic E-state index is 13.7. The summed E-state index contributed by atoms with van der Waals surface area (Å²) < 4.78 is 15.9. The van der Waals surface area contributed by atoms with Crippen LogP contribution in [0.3, 0.4) is 0 Å². The second-order valence-corrected chi connectivity index (χ2v) is 14.8. The summed E-state index contributed by atoms with van der Waals surface area (Å²) in [5, 5.41) is 5.38. The van der Waals surface area contributed by atoms with E-state index in [9.17, 15) is 19.2 Å². The van der Waals surface area contributed by atoms with Gasteiger partial charge < -0.3 is 44.3 Å². The van der Waals surface area contributed by atoms with Crippen LogP contribution >= 0.6 is 0 Å². The Hall–Kier alpha value is -5.93. The maximum Gasteiger partial charge on any atom is 0.407 e. The molecule has 55 heavy (non-hydrogen) atoms. The van der Waals surface area contributed by atoms with Crippen LogP contribution in [0.2, 0.25) is 0 Å². The molecule has 4 N–H and O–H groups in total. The molecule has 3 aromatic heterocycles. The number of benzene rings is 2. The number of hydrogen-bond donors (Lipinski definition) is 4. The summed E-state index contributed by atoms with van der Waals surface area (Å²) in [4.78, 5) is 76.2. The first kappa shape index (κ1) is 37.4. The summed E-state index contributed by atoms with van der Waals surface area (Å²) >= 11 is 0. The zero-order chi connectivity index (χ0) is 39.0. The Morgan fingerprint density at radius 2 is 1.38 bits per heavy atom. The van der Waals surface area contributed by atoms with Gasteiger partial charge in [0.15, 0.2) is 5.76 Å². The van der Waals surface area contributed by atoms with Gasteiger partial charge in [-0.15, -0.1) is 0 Å². The lowest BCUT2D eigenvalue weighted by molar-refractivity contribution is -0.136. The minimum Gasteiger partial charge on any atom is -0.453 e. The SMILES string of the molecule is COC(=O)N[C@H](C(=O)N1CCC[C@H]1c1nc2cc(-c3cnc(-c4cccc5[nH]c([C@@H]6CCCN6C(=O)[C@@H](NC(=O)OC)C(C)C)nc45)o3)ccc2[nH]1)C(C)C. The van der Waals surface area contributed by atoms with E-state index in [1.54, 1.807) is 16.0 Å². The Balaban J connectivity index is 1.11. The quantitative estimate of drug-likeness (QED) is 0.134. The van der Waals surface area contributed by atoms with Gasteiger partial charge in [0.1, 0.15) is 29.2 Å². The van der Waals surface area contributed by atoms with Gasteiger partial charge in [0, 0.05) is 18.7 Å². The number of nitrogens with one attached hydrogen (secondary N) is 4. The molecule has 2 aromatic carbocycles. The largest absolute Gasteiger partial charge is 0.453 e. The van der Waals surface area contributed by atoms with Gasteiger partial charge in [0.25, 0.3) is 0 Å². The first-order valence-corrected chi connectivity index (χ1v) is 18.7. The molecule has 0 unspecified atom stereocenters. The van der Waals surface area contributed by atoms with Crippen molar-refractivity contribution in [3.05, 3.63) is 54.2 Å². The summed E-state index contributed by atoms with van der Waals surface area (Å²) in [5.74, 6) is 1.66. The van der Waals surface area contributed by atoms with Crippen molar-refractivity contribution in [3.63, 3.8) is 0 Å². The summed E-state index contributed by atoms with van der Waals surface area (Å²) in [5.41, 5.74) is 4.47. The number of aromatic amines is 2. The number of carbonyl (C=O) groups excluding carboxylic acids is 4. The number of H-pyrrole nitrogens is 2. The molecule has 4 atom stereocenters. The van der Waals surface area contributed by atoms with Gasteiger partial charge in [0.2, 0.25) is 17.7 Å².